The summed E-state index contributed by atoms with van der Waals surface area (Å²) in [6.45, 7) is 3.48. The van der Waals surface area contributed by atoms with Crippen molar-refractivity contribution in [2.45, 2.75) is 0 Å². The highest BCUT2D eigenvalue weighted by atomic mass is 79.9. The van der Waals surface area contributed by atoms with E-state index in [0.717, 1.165) is 26.2 Å². The second kappa shape index (κ2) is 5.34. The molecule has 0 bridgehead atoms. The number of alkyl halides is 1. The average molecular weight is 283 g/mol. The van der Waals surface area contributed by atoms with Gasteiger partial charge in [-0.25, -0.2) is 0 Å². The smallest absolute Gasteiger partial charge is 0.233 e. The molecule has 1 heterocycles. The molecule has 1 fully saturated rings. The molecule has 16 heavy (non-hydrogen) atoms. The van der Waals surface area contributed by atoms with E-state index < -0.39 is 0 Å². The van der Waals surface area contributed by atoms with Gasteiger partial charge in [0.05, 0.1) is 5.33 Å². The first-order chi connectivity index (χ1) is 7.81. The minimum atomic E-state index is 0.188. The summed E-state index contributed by atoms with van der Waals surface area (Å²) >= 11 is 3.21. The van der Waals surface area contributed by atoms with Gasteiger partial charge >= 0.3 is 0 Å². The van der Waals surface area contributed by atoms with Crippen LogP contribution in [-0.4, -0.2) is 42.3 Å². The fourth-order valence-electron chi connectivity index (χ4n) is 1.94. The number of benzene rings is 1. The van der Waals surface area contributed by atoms with Crippen LogP contribution in [0.15, 0.2) is 30.3 Å². The Hall–Kier alpha value is -1.03. The molecule has 0 unspecified atom stereocenters. The van der Waals surface area contributed by atoms with E-state index in [1.54, 1.807) is 0 Å². The van der Waals surface area contributed by atoms with Gasteiger partial charge in [-0.15, -0.1) is 0 Å². The van der Waals surface area contributed by atoms with E-state index in [4.69, 9.17) is 0 Å². The molecule has 1 aliphatic rings. The lowest BCUT2D eigenvalue weighted by atomic mass is 10.2. The number of para-hydroxylation sites is 1. The van der Waals surface area contributed by atoms with Crippen molar-refractivity contribution in [3.63, 3.8) is 0 Å². The molecule has 0 atom stereocenters. The van der Waals surface area contributed by atoms with Crippen LogP contribution in [0.1, 0.15) is 0 Å². The SMILES string of the molecule is O=C(CBr)N1CCN(c2ccccc2)CC1. The van der Waals surface area contributed by atoms with Crippen LogP contribution in [0.5, 0.6) is 0 Å². The van der Waals surface area contributed by atoms with Crippen LogP contribution in [-0.2, 0) is 4.79 Å². The number of hydrogen-bond acceptors (Lipinski definition) is 2. The van der Waals surface area contributed by atoms with Crippen LogP contribution in [0.2, 0.25) is 0 Å². The third-order valence-corrected chi connectivity index (χ3v) is 3.35. The minimum Gasteiger partial charge on any atom is -0.368 e. The molecule has 1 aromatic rings. The summed E-state index contributed by atoms with van der Waals surface area (Å²) in [5, 5.41) is 0.429. The average Bonchev–Trinajstić information content (AvgIpc) is 2.39. The lowest BCUT2D eigenvalue weighted by Crippen LogP contribution is -2.49. The Kier molecular flexibility index (Phi) is 3.83. The van der Waals surface area contributed by atoms with E-state index >= 15 is 0 Å². The Morgan fingerprint density at radius 2 is 1.75 bits per heavy atom. The monoisotopic (exact) mass is 282 g/mol. The minimum absolute atomic E-state index is 0.188. The van der Waals surface area contributed by atoms with Gasteiger partial charge in [0.1, 0.15) is 0 Å². The first kappa shape index (κ1) is 11.5. The van der Waals surface area contributed by atoms with Gasteiger partial charge in [-0.05, 0) is 12.1 Å². The topological polar surface area (TPSA) is 23.6 Å². The molecule has 86 valence electrons. The van der Waals surface area contributed by atoms with E-state index in [-0.39, 0.29) is 5.91 Å². The molecule has 2 rings (SSSR count). The van der Waals surface area contributed by atoms with E-state index in [1.807, 2.05) is 23.1 Å². The lowest BCUT2D eigenvalue weighted by molar-refractivity contribution is -0.128. The van der Waals surface area contributed by atoms with Gasteiger partial charge in [0, 0.05) is 31.9 Å². The first-order valence-corrected chi connectivity index (χ1v) is 6.57. The second-order valence-corrected chi connectivity index (χ2v) is 4.40. The van der Waals surface area contributed by atoms with Gasteiger partial charge < -0.3 is 9.80 Å². The number of amides is 1. The molecular formula is C12H15BrN2O. The largest absolute Gasteiger partial charge is 0.368 e. The van der Waals surface area contributed by atoms with Crippen molar-refractivity contribution in [3.05, 3.63) is 30.3 Å². The van der Waals surface area contributed by atoms with Crippen molar-refractivity contribution in [2.24, 2.45) is 0 Å². The number of carbonyl (C=O) groups excluding carboxylic acids is 1. The maximum atomic E-state index is 11.5. The summed E-state index contributed by atoms with van der Waals surface area (Å²) in [7, 11) is 0. The summed E-state index contributed by atoms with van der Waals surface area (Å²) in [6, 6.07) is 10.3. The third kappa shape index (κ3) is 2.55. The highest BCUT2D eigenvalue weighted by Gasteiger charge is 2.19. The number of halogens is 1. The Morgan fingerprint density at radius 1 is 1.12 bits per heavy atom. The zero-order chi connectivity index (χ0) is 11.4. The lowest BCUT2D eigenvalue weighted by Gasteiger charge is -2.35. The van der Waals surface area contributed by atoms with Crippen LogP contribution < -0.4 is 4.90 Å². The number of rotatable bonds is 2. The normalized spacial score (nSPS) is 16.3. The standard InChI is InChI=1S/C12H15BrN2O/c13-10-12(16)15-8-6-14(7-9-15)11-4-2-1-3-5-11/h1-5H,6-10H2. The van der Waals surface area contributed by atoms with Crippen LogP contribution in [0, 0.1) is 0 Å². The molecule has 0 aromatic heterocycles. The number of carbonyl (C=O) groups is 1. The van der Waals surface area contributed by atoms with Crippen molar-refractivity contribution < 1.29 is 4.79 Å². The summed E-state index contributed by atoms with van der Waals surface area (Å²) in [5.74, 6) is 0.188. The first-order valence-electron chi connectivity index (χ1n) is 5.45. The second-order valence-electron chi connectivity index (χ2n) is 3.84. The molecule has 0 saturated carbocycles. The molecule has 1 saturated heterocycles. The Labute approximate surface area is 104 Å². The van der Waals surface area contributed by atoms with Crippen molar-refractivity contribution in [3.8, 4) is 0 Å². The Morgan fingerprint density at radius 3 is 2.31 bits per heavy atom. The van der Waals surface area contributed by atoms with Crippen LogP contribution >= 0.6 is 15.9 Å². The quantitative estimate of drug-likeness (QED) is 0.772. The molecule has 0 spiro atoms. The molecule has 4 heteroatoms. The Balaban J connectivity index is 1.93. The van der Waals surface area contributed by atoms with Crippen molar-refractivity contribution in [2.75, 3.05) is 36.4 Å². The molecule has 0 aliphatic carbocycles. The van der Waals surface area contributed by atoms with E-state index in [9.17, 15) is 4.79 Å². The molecule has 1 aromatic carbocycles. The van der Waals surface area contributed by atoms with E-state index in [1.165, 1.54) is 5.69 Å². The zero-order valence-electron chi connectivity index (χ0n) is 9.10. The van der Waals surface area contributed by atoms with Gasteiger partial charge in [0.15, 0.2) is 0 Å². The fourth-order valence-corrected chi connectivity index (χ4v) is 2.29. The highest BCUT2D eigenvalue weighted by Crippen LogP contribution is 2.15. The van der Waals surface area contributed by atoms with Crippen LogP contribution in [0.4, 0.5) is 5.69 Å². The summed E-state index contributed by atoms with van der Waals surface area (Å²) in [6.07, 6.45) is 0. The van der Waals surface area contributed by atoms with Crippen molar-refractivity contribution >= 4 is 27.5 Å². The molecule has 1 amide bonds. The van der Waals surface area contributed by atoms with Gasteiger partial charge in [0.2, 0.25) is 5.91 Å². The molecule has 1 aliphatic heterocycles. The predicted octanol–water partition coefficient (Wildman–Crippen LogP) is 1.73. The molecule has 0 radical (unpaired) electrons. The van der Waals surface area contributed by atoms with Crippen LogP contribution in [0.3, 0.4) is 0 Å². The highest BCUT2D eigenvalue weighted by molar-refractivity contribution is 9.09. The summed E-state index contributed by atoms with van der Waals surface area (Å²) in [4.78, 5) is 15.7. The molecule has 0 N–H and O–H groups in total. The maximum Gasteiger partial charge on any atom is 0.233 e. The predicted molar refractivity (Wildman–Crippen MR) is 69.0 cm³/mol. The maximum absolute atomic E-state index is 11.5. The summed E-state index contributed by atoms with van der Waals surface area (Å²) in [5.41, 5.74) is 1.24. The van der Waals surface area contributed by atoms with E-state index in [0.29, 0.717) is 5.33 Å². The van der Waals surface area contributed by atoms with Crippen molar-refractivity contribution in [1.82, 2.24) is 4.90 Å². The van der Waals surface area contributed by atoms with Gasteiger partial charge in [-0.2, -0.15) is 0 Å². The van der Waals surface area contributed by atoms with Crippen LogP contribution in [0.25, 0.3) is 0 Å². The van der Waals surface area contributed by atoms with Crippen molar-refractivity contribution in [1.29, 1.82) is 0 Å². The summed E-state index contributed by atoms with van der Waals surface area (Å²) < 4.78 is 0. The number of hydrogen-bond donors (Lipinski definition) is 0. The Bertz CT molecular complexity index is 347. The zero-order valence-corrected chi connectivity index (χ0v) is 10.7. The van der Waals surface area contributed by atoms with E-state index in [2.05, 4.69) is 33.0 Å². The van der Waals surface area contributed by atoms with Gasteiger partial charge in [-0.1, -0.05) is 34.1 Å². The fraction of sp³-hybridized carbons (Fsp3) is 0.417. The van der Waals surface area contributed by atoms with Gasteiger partial charge in [-0.3, -0.25) is 4.79 Å². The number of nitrogens with zero attached hydrogens (tertiary/aromatic N) is 2. The molecular weight excluding hydrogens is 268 g/mol. The number of piperazine rings is 1. The third-order valence-electron chi connectivity index (χ3n) is 2.87. The number of anilines is 1. The van der Waals surface area contributed by atoms with Gasteiger partial charge in [0.25, 0.3) is 0 Å². The molecule has 3 nitrogen and oxygen atoms in total.